The predicted octanol–water partition coefficient (Wildman–Crippen LogP) is 1.55. The molecule has 2 aliphatic rings. The smallest absolute Gasteiger partial charge is 0.236 e. The number of oxime groups is 1. The third-order valence-corrected chi connectivity index (χ3v) is 4.54. The number of likely N-dealkylation sites (tertiary alicyclic amines) is 1. The van der Waals surface area contributed by atoms with Crippen molar-refractivity contribution in [1.82, 2.24) is 4.90 Å². The van der Waals surface area contributed by atoms with Gasteiger partial charge in [0.05, 0.1) is 0 Å². The quantitative estimate of drug-likeness (QED) is 0.346. The number of rotatable bonds is 3. The molecule has 1 atom stereocenters. The largest absolute Gasteiger partial charge is 0.409 e. The third-order valence-electron chi connectivity index (χ3n) is 4.54. The predicted molar refractivity (Wildman–Crippen MR) is 69.3 cm³/mol. The zero-order valence-corrected chi connectivity index (χ0v) is 11.2. The maximum Gasteiger partial charge on any atom is 0.236 e. The standard InChI is InChI=1S/C13H23N3O2/c1-9(2)10-5-3-8-16(10)12(17)13(6-4-7-13)11(14)15-18/h9-10,18H,3-8H2,1-2H3,(H2,14,15). The molecular weight excluding hydrogens is 230 g/mol. The van der Waals surface area contributed by atoms with Gasteiger partial charge in [-0.25, -0.2) is 0 Å². The number of amides is 1. The van der Waals surface area contributed by atoms with E-state index in [0.717, 1.165) is 25.8 Å². The van der Waals surface area contributed by atoms with E-state index in [4.69, 9.17) is 10.9 Å². The first kappa shape index (κ1) is 13.2. The molecule has 5 heteroatoms. The number of carbonyl (C=O) groups is 1. The lowest BCUT2D eigenvalue weighted by atomic mass is 9.66. The van der Waals surface area contributed by atoms with Gasteiger partial charge in [0.25, 0.3) is 0 Å². The van der Waals surface area contributed by atoms with Crippen molar-refractivity contribution in [3.63, 3.8) is 0 Å². The second-order valence-corrected chi connectivity index (χ2v) is 5.87. The normalized spacial score (nSPS) is 27.4. The van der Waals surface area contributed by atoms with Gasteiger partial charge < -0.3 is 15.8 Å². The second kappa shape index (κ2) is 4.78. The SMILES string of the molecule is CC(C)C1CCCN1C(=O)C1(C(N)=NO)CCC1. The molecule has 102 valence electrons. The molecule has 1 aliphatic carbocycles. The number of amidine groups is 1. The van der Waals surface area contributed by atoms with E-state index in [1.807, 2.05) is 4.90 Å². The zero-order chi connectivity index (χ0) is 13.3. The third kappa shape index (κ3) is 1.85. The molecule has 0 spiro atoms. The molecule has 0 aromatic heterocycles. The van der Waals surface area contributed by atoms with Crippen LogP contribution in [-0.2, 0) is 4.79 Å². The van der Waals surface area contributed by atoms with E-state index < -0.39 is 5.41 Å². The molecule has 2 fully saturated rings. The first-order valence-corrected chi connectivity index (χ1v) is 6.82. The lowest BCUT2D eigenvalue weighted by Gasteiger charge is -2.43. The van der Waals surface area contributed by atoms with E-state index in [0.29, 0.717) is 24.8 Å². The number of nitrogens with zero attached hydrogens (tertiary/aromatic N) is 2. The molecule has 1 unspecified atom stereocenters. The van der Waals surface area contributed by atoms with E-state index in [1.54, 1.807) is 0 Å². The van der Waals surface area contributed by atoms with Crippen molar-refractivity contribution < 1.29 is 10.0 Å². The molecule has 0 bridgehead atoms. The highest BCUT2D eigenvalue weighted by Gasteiger charge is 2.52. The number of nitrogens with two attached hydrogens (primary N) is 1. The molecule has 0 aromatic rings. The Kier molecular flexibility index (Phi) is 3.50. The summed E-state index contributed by atoms with van der Waals surface area (Å²) in [6.07, 6.45) is 4.52. The average molecular weight is 253 g/mol. The maximum atomic E-state index is 12.7. The summed E-state index contributed by atoms with van der Waals surface area (Å²) in [5, 5.41) is 12.0. The van der Waals surface area contributed by atoms with Crippen LogP contribution in [0, 0.1) is 11.3 Å². The van der Waals surface area contributed by atoms with Crippen LogP contribution in [0.2, 0.25) is 0 Å². The van der Waals surface area contributed by atoms with Crippen molar-refractivity contribution in [2.75, 3.05) is 6.54 Å². The van der Waals surface area contributed by atoms with Crippen LogP contribution in [0.15, 0.2) is 5.16 Å². The van der Waals surface area contributed by atoms with Crippen LogP contribution in [0.1, 0.15) is 46.0 Å². The molecule has 0 radical (unpaired) electrons. The van der Waals surface area contributed by atoms with Crippen molar-refractivity contribution in [2.45, 2.75) is 52.0 Å². The Bertz CT molecular complexity index is 361. The van der Waals surface area contributed by atoms with Crippen molar-refractivity contribution >= 4 is 11.7 Å². The zero-order valence-electron chi connectivity index (χ0n) is 11.2. The molecule has 1 aliphatic heterocycles. The van der Waals surface area contributed by atoms with Gasteiger partial charge in [0.1, 0.15) is 5.41 Å². The number of hydrogen-bond donors (Lipinski definition) is 2. The van der Waals surface area contributed by atoms with Gasteiger partial charge in [-0.3, -0.25) is 4.79 Å². The fourth-order valence-electron chi connectivity index (χ4n) is 3.22. The van der Waals surface area contributed by atoms with Gasteiger partial charge in [0, 0.05) is 12.6 Å². The van der Waals surface area contributed by atoms with Gasteiger partial charge in [-0.1, -0.05) is 25.4 Å². The van der Waals surface area contributed by atoms with E-state index in [9.17, 15) is 4.79 Å². The van der Waals surface area contributed by atoms with Gasteiger partial charge >= 0.3 is 0 Å². The van der Waals surface area contributed by atoms with Gasteiger partial charge in [0.15, 0.2) is 5.84 Å². The Morgan fingerprint density at radius 1 is 1.44 bits per heavy atom. The molecule has 1 amide bonds. The Balaban J connectivity index is 2.20. The minimum absolute atomic E-state index is 0.0697. The topological polar surface area (TPSA) is 78.9 Å². The van der Waals surface area contributed by atoms with E-state index >= 15 is 0 Å². The number of hydrogen-bond acceptors (Lipinski definition) is 3. The van der Waals surface area contributed by atoms with Crippen LogP contribution < -0.4 is 5.73 Å². The van der Waals surface area contributed by atoms with Gasteiger partial charge in [-0.05, 0) is 31.6 Å². The van der Waals surface area contributed by atoms with Crippen LogP contribution in [-0.4, -0.2) is 34.4 Å². The highest BCUT2D eigenvalue weighted by molar-refractivity contribution is 6.07. The average Bonchev–Trinajstić information content (AvgIpc) is 2.75. The lowest BCUT2D eigenvalue weighted by Crippen LogP contribution is -2.56. The number of carbonyl (C=O) groups excluding carboxylic acids is 1. The van der Waals surface area contributed by atoms with Crippen molar-refractivity contribution in [2.24, 2.45) is 22.2 Å². The molecular formula is C13H23N3O2. The highest BCUT2D eigenvalue weighted by atomic mass is 16.4. The summed E-state index contributed by atoms with van der Waals surface area (Å²) in [7, 11) is 0. The van der Waals surface area contributed by atoms with Gasteiger partial charge in [0.2, 0.25) is 5.91 Å². The van der Waals surface area contributed by atoms with Gasteiger partial charge in [-0.2, -0.15) is 0 Å². The van der Waals surface area contributed by atoms with E-state index in [-0.39, 0.29) is 11.7 Å². The van der Waals surface area contributed by atoms with Crippen LogP contribution in [0.3, 0.4) is 0 Å². The minimum Gasteiger partial charge on any atom is -0.409 e. The van der Waals surface area contributed by atoms with Crippen molar-refractivity contribution in [3.8, 4) is 0 Å². The molecule has 1 heterocycles. The fourth-order valence-corrected chi connectivity index (χ4v) is 3.22. The first-order chi connectivity index (χ1) is 8.53. The molecule has 3 N–H and O–H groups in total. The van der Waals surface area contributed by atoms with Crippen molar-refractivity contribution in [3.05, 3.63) is 0 Å². The Hall–Kier alpha value is -1.26. The molecule has 2 rings (SSSR count). The first-order valence-electron chi connectivity index (χ1n) is 6.82. The van der Waals surface area contributed by atoms with E-state index in [1.165, 1.54) is 0 Å². The monoisotopic (exact) mass is 253 g/mol. The summed E-state index contributed by atoms with van der Waals surface area (Å²) in [5.41, 5.74) is 5.04. The molecule has 0 aromatic carbocycles. The Morgan fingerprint density at radius 2 is 2.11 bits per heavy atom. The second-order valence-electron chi connectivity index (χ2n) is 5.87. The lowest BCUT2D eigenvalue weighted by molar-refractivity contribution is -0.143. The van der Waals surface area contributed by atoms with E-state index in [2.05, 4.69) is 19.0 Å². The fraction of sp³-hybridized carbons (Fsp3) is 0.846. The summed E-state index contributed by atoms with van der Waals surface area (Å²) in [6, 6.07) is 0.307. The Morgan fingerprint density at radius 3 is 2.56 bits per heavy atom. The summed E-state index contributed by atoms with van der Waals surface area (Å²) >= 11 is 0. The molecule has 5 nitrogen and oxygen atoms in total. The molecule has 1 saturated heterocycles. The van der Waals surface area contributed by atoms with Gasteiger partial charge in [-0.15, -0.1) is 0 Å². The molecule has 18 heavy (non-hydrogen) atoms. The summed E-state index contributed by atoms with van der Waals surface area (Å²) in [5.74, 6) is 0.620. The van der Waals surface area contributed by atoms with Crippen LogP contribution in [0.25, 0.3) is 0 Å². The summed E-state index contributed by atoms with van der Waals surface area (Å²) < 4.78 is 0. The minimum atomic E-state index is -0.716. The summed E-state index contributed by atoms with van der Waals surface area (Å²) in [6.45, 7) is 5.10. The van der Waals surface area contributed by atoms with Crippen LogP contribution in [0.5, 0.6) is 0 Å². The summed E-state index contributed by atoms with van der Waals surface area (Å²) in [4.78, 5) is 14.7. The maximum absolute atomic E-state index is 12.7. The van der Waals surface area contributed by atoms with Crippen LogP contribution >= 0.6 is 0 Å². The molecule has 1 saturated carbocycles. The Labute approximate surface area is 108 Å². The highest BCUT2D eigenvalue weighted by Crippen LogP contribution is 2.44. The van der Waals surface area contributed by atoms with Crippen LogP contribution in [0.4, 0.5) is 0 Å². The van der Waals surface area contributed by atoms with Crippen molar-refractivity contribution in [1.29, 1.82) is 0 Å².